The molecule has 0 spiro atoms. The number of hydrogen-bond acceptors (Lipinski definition) is 4. The zero-order chi connectivity index (χ0) is 13.1. The first kappa shape index (κ1) is 14.5. The van der Waals surface area contributed by atoms with Gasteiger partial charge >= 0.3 is 5.97 Å². The quantitative estimate of drug-likeness (QED) is 0.715. The van der Waals surface area contributed by atoms with Crippen LogP contribution in [-0.4, -0.2) is 43.2 Å². The molecular weight excluding hydrogens is 216 g/mol. The number of carbonyl (C=O) groups excluding carboxylic acids is 1. The Morgan fingerprint density at radius 3 is 2.59 bits per heavy atom. The summed E-state index contributed by atoms with van der Waals surface area (Å²) >= 11 is 0. The van der Waals surface area contributed by atoms with Crippen molar-refractivity contribution in [1.82, 2.24) is 4.90 Å². The van der Waals surface area contributed by atoms with Crippen molar-refractivity contribution in [2.75, 3.05) is 20.7 Å². The molecule has 0 aromatic heterocycles. The van der Waals surface area contributed by atoms with Crippen LogP contribution in [0, 0.1) is 5.92 Å². The summed E-state index contributed by atoms with van der Waals surface area (Å²) in [5, 5.41) is 0. The fourth-order valence-corrected chi connectivity index (χ4v) is 2.35. The third-order valence-corrected chi connectivity index (χ3v) is 3.89. The van der Waals surface area contributed by atoms with Crippen molar-refractivity contribution in [1.29, 1.82) is 0 Å². The Balaban J connectivity index is 2.40. The van der Waals surface area contributed by atoms with Gasteiger partial charge in [-0.05, 0) is 46.1 Å². The molecule has 4 heteroatoms. The van der Waals surface area contributed by atoms with Crippen LogP contribution in [0.3, 0.4) is 0 Å². The van der Waals surface area contributed by atoms with E-state index in [0.29, 0.717) is 12.5 Å². The molecule has 2 N–H and O–H groups in total. The van der Waals surface area contributed by atoms with E-state index in [1.54, 1.807) is 6.92 Å². The smallest absolute Gasteiger partial charge is 0.325 e. The molecule has 1 aliphatic rings. The maximum Gasteiger partial charge on any atom is 0.325 e. The van der Waals surface area contributed by atoms with Gasteiger partial charge in [0.25, 0.3) is 0 Å². The largest absolute Gasteiger partial charge is 0.468 e. The molecule has 4 nitrogen and oxygen atoms in total. The molecule has 1 fully saturated rings. The Bertz CT molecular complexity index is 262. The molecule has 0 aromatic carbocycles. The highest BCUT2D eigenvalue weighted by Gasteiger charge is 2.33. The first-order valence-electron chi connectivity index (χ1n) is 6.44. The van der Waals surface area contributed by atoms with Crippen molar-refractivity contribution in [2.24, 2.45) is 11.7 Å². The SMILES string of the molecule is COC(=O)C(C)(N)CC(C)N(C)CC1CCC1. The Hall–Kier alpha value is -0.610. The predicted octanol–water partition coefficient (Wildman–Crippen LogP) is 1.39. The summed E-state index contributed by atoms with van der Waals surface area (Å²) in [6.45, 7) is 4.97. The number of carbonyl (C=O) groups is 1. The number of ether oxygens (including phenoxy) is 1. The van der Waals surface area contributed by atoms with Gasteiger partial charge in [0.15, 0.2) is 0 Å². The van der Waals surface area contributed by atoms with E-state index in [9.17, 15) is 4.79 Å². The normalized spacial score (nSPS) is 21.8. The zero-order valence-corrected chi connectivity index (χ0v) is 11.5. The van der Waals surface area contributed by atoms with Gasteiger partial charge in [-0.2, -0.15) is 0 Å². The average Bonchev–Trinajstić information content (AvgIpc) is 2.21. The summed E-state index contributed by atoms with van der Waals surface area (Å²) < 4.78 is 4.73. The van der Waals surface area contributed by atoms with Crippen molar-refractivity contribution in [3.8, 4) is 0 Å². The second kappa shape index (κ2) is 5.83. The Morgan fingerprint density at radius 1 is 1.59 bits per heavy atom. The van der Waals surface area contributed by atoms with E-state index in [4.69, 9.17) is 10.5 Å². The molecule has 0 saturated heterocycles. The van der Waals surface area contributed by atoms with E-state index < -0.39 is 5.54 Å². The Kier molecular flexibility index (Phi) is 4.95. The molecule has 1 saturated carbocycles. The number of hydrogen-bond donors (Lipinski definition) is 1. The van der Waals surface area contributed by atoms with Crippen LogP contribution in [0.1, 0.15) is 39.5 Å². The van der Waals surface area contributed by atoms with Gasteiger partial charge in [0.1, 0.15) is 5.54 Å². The van der Waals surface area contributed by atoms with Crippen molar-refractivity contribution < 1.29 is 9.53 Å². The number of nitrogens with two attached hydrogens (primary N) is 1. The van der Waals surface area contributed by atoms with Gasteiger partial charge in [-0.25, -0.2) is 0 Å². The lowest BCUT2D eigenvalue weighted by Crippen LogP contribution is -2.50. The lowest BCUT2D eigenvalue weighted by atomic mass is 9.84. The first-order chi connectivity index (χ1) is 7.86. The third-order valence-electron chi connectivity index (χ3n) is 3.89. The van der Waals surface area contributed by atoms with Crippen molar-refractivity contribution in [3.63, 3.8) is 0 Å². The highest BCUT2D eigenvalue weighted by molar-refractivity contribution is 5.79. The fourth-order valence-electron chi connectivity index (χ4n) is 2.35. The fraction of sp³-hybridized carbons (Fsp3) is 0.923. The molecule has 0 aliphatic heterocycles. The van der Waals surface area contributed by atoms with E-state index in [-0.39, 0.29) is 5.97 Å². The number of esters is 1. The first-order valence-corrected chi connectivity index (χ1v) is 6.44. The van der Waals surface area contributed by atoms with Gasteiger partial charge in [-0.3, -0.25) is 4.79 Å². The van der Waals surface area contributed by atoms with E-state index in [0.717, 1.165) is 12.5 Å². The summed E-state index contributed by atoms with van der Waals surface area (Å²) in [7, 11) is 3.49. The van der Waals surface area contributed by atoms with Crippen LogP contribution in [0.5, 0.6) is 0 Å². The van der Waals surface area contributed by atoms with E-state index >= 15 is 0 Å². The molecule has 1 rings (SSSR count). The molecule has 100 valence electrons. The minimum Gasteiger partial charge on any atom is -0.468 e. The lowest BCUT2D eigenvalue weighted by Gasteiger charge is -2.35. The van der Waals surface area contributed by atoms with E-state index in [2.05, 4.69) is 18.9 Å². The molecule has 17 heavy (non-hydrogen) atoms. The van der Waals surface area contributed by atoms with E-state index in [1.807, 2.05) is 0 Å². The highest BCUT2D eigenvalue weighted by Crippen LogP contribution is 2.27. The third kappa shape index (κ3) is 3.96. The van der Waals surface area contributed by atoms with Gasteiger partial charge in [0.05, 0.1) is 7.11 Å². The number of nitrogens with zero attached hydrogens (tertiary/aromatic N) is 1. The maximum atomic E-state index is 11.5. The van der Waals surface area contributed by atoms with Crippen LogP contribution in [0.15, 0.2) is 0 Å². The minimum atomic E-state index is -0.887. The van der Waals surface area contributed by atoms with Crippen LogP contribution >= 0.6 is 0 Å². The Morgan fingerprint density at radius 2 is 2.18 bits per heavy atom. The maximum absolute atomic E-state index is 11.5. The molecule has 1 aliphatic carbocycles. The zero-order valence-electron chi connectivity index (χ0n) is 11.5. The summed E-state index contributed by atoms with van der Waals surface area (Å²) in [6.07, 6.45) is 4.68. The van der Waals surface area contributed by atoms with Crippen molar-refractivity contribution in [2.45, 2.75) is 51.1 Å². The van der Waals surface area contributed by atoms with Crippen LogP contribution in [0.4, 0.5) is 0 Å². The van der Waals surface area contributed by atoms with Gasteiger partial charge < -0.3 is 15.4 Å². The van der Waals surface area contributed by atoms with Gasteiger partial charge in [0.2, 0.25) is 0 Å². The summed E-state index contributed by atoms with van der Waals surface area (Å²) in [5.74, 6) is 0.506. The monoisotopic (exact) mass is 242 g/mol. The summed E-state index contributed by atoms with van der Waals surface area (Å²) in [6, 6.07) is 0.296. The average molecular weight is 242 g/mol. The molecule has 2 atom stereocenters. The molecule has 0 aromatic rings. The predicted molar refractivity (Wildman–Crippen MR) is 68.7 cm³/mol. The lowest BCUT2D eigenvalue weighted by molar-refractivity contribution is -0.147. The van der Waals surface area contributed by atoms with Crippen LogP contribution in [-0.2, 0) is 9.53 Å². The number of methoxy groups -OCH3 is 1. The van der Waals surface area contributed by atoms with Gasteiger partial charge in [-0.15, -0.1) is 0 Å². The van der Waals surface area contributed by atoms with Crippen LogP contribution < -0.4 is 5.73 Å². The summed E-state index contributed by atoms with van der Waals surface area (Å²) in [5.41, 5.74) is 5.10. The van der Waals surface area contributed by atoms with Crippen molar-refractivity contribution in [3.05, 3.63) is 0 Å². The molecule has 2 unspecified atom stereocenters. The minimum absolute atomic E-state index is 0.296. The van der Waals surface area contributed by atoms with Crippen LogP contribution in [0.2, 0.25) is 0 Å². The molecule has 0 heterocycles. The second-order valence-corrected chi connectivity index (χ2v) is 5.70. The Labute approximate surface area is 104 Å². The molecular formula is C13H26N2O2. The van der Waals surface area contributed by atoms with Crippen molar-refractivity contribution >= 4 is 5.97 Å². The van der Waals surface area contributed by atoms with E-state index in [1.165, 1.54) is 26.4 Å². The highest BCUT2D eigenvalue weighted by atomic mass is 16.5. The number of rotatable bonds is 6. The van der Waals surface area contributed by atoms with Crippen LogP contribution in [0.25, 0.3) is 0 Å². The van der Waals surface area contributed by atoms with Gasteiger partial charge in [-0.1, -0.05) is 6.42 Å². The summed E-state index contributed by atoms with van der Waals surface area (Å²) in [4.78, 5) is 13.8. The second-order valence-electron chi connectivity index (χ2n) is 5.70. The van der Waals surface area contributed by atoms with Gasteiger partial charge in [0, 0.05) is 12.6 Å². The molecule has 0 radical (unpaired) electrons. The molecule has 0 amide bonds. The standard InChI is InChI=1S/C13H26N2O2/c1-10(8-13(2,14)12(16)17-4)15(3)9-11-6-5-7-11/h10-11H,5-9,14H2,1-4H3. The molecule has 0 bridgehead atoms. The topological polar surface area (TPSA) is 55.6 Å².